The molecule has 0 aliphatic heterocycles. The summed E-state index contributed by atoms with van der Waals surface area (Å²) in [6.07, 6.45) is 0. The molecule has 56 valence electrons. The average Bonchev–Trinajstić information content (AvgIpc) is 2.34. The number of alkyl halides is 1. The van der Waals surface area contributed by atoms with Gasteiger partial charge >= 0.3 is 0 Å². The molecule has 0 aromatic carbocycles. The fourth-order valence-corrected chi connectivity index (χ4v) is 1.25. The molecular formula is C4H7FN3PS. The van der Waals surface area contributed by atoms with Gasteiger partial charge in [-0.1, -0.05) is 9.24 Å². The first-order valence-corrected chi connectivity index (χ1v) is 4.09. The standard InChI is InChI=1S/C4H7FN3PS/c1-6-4-7-3(2(5)9)8-10-4/h2H,9H2,1H3,(H,6,7,8). The van der Waals surface area contributed by atoms with Crippen molar-refractivity contribution in [3.63, 3.8) is 0 Å². The molecule has 2 unspecified atom stereocenters. The lowest BCUT2D eigenvalue weighted by molar-refractivity contribution is 0.453. The van der Waals surface area contributed by atoms with Gasteiger partial charge in [-0.05, 0) is 0 Å². The number of nitrogens with one attached hydrogen (secondary N) is 1. The van der Waals surface area contributed by atoms with Gasteiger partial charge in [0.15, 0.2) is 11.7 Å². The summed E-state index contributed by atoms with van der Waals surface area (Å²) in [7, 11) is 3.72. The van der Waals surface area contributed by atoms with Crippen molar-refractivity contribution in [2.45, 2.75) is 5.91 Å². The van der Waals surface area contributed by atoms with Crippen LogP contribution in [0, 0.1) is 0 Å². The Kier molecular flexibility index (Phi) is 2.51. The van der Waals surface area contributed by atoms with Gasteiger partial charge in [-0.25, -0.2) is 9.37 Å². The van der Waals surface area contributed by atoms with Crippen molar-refractivity contribution in [1.29, 1.82) is 0 Å². The van der Waals surface area contributed by atoms with E-state index in [1.807, 2.05) is 9.24 Å². The van der Waals surface area contributed by atoms with Crippen LogP contribution in [0.1, 0.15) is 11.7 Å². The molecule has 3 nitrogen and oxygen atoms in total. The van der Waals surface area contributed by atoms with Crippen LogP contribution in [-0.2, 0) is 0 Å². The van der Waals surface area contributed by atoms with Crippen LogP contribution in [0.25, 0.3) is 0 Å². The zero-order valence-electron chi connectivity index (χ0n) is 5.34. The van der Waals surface area contributed by atoms with Gasteiger partial charge in [0.1, 0.15) is 0 Å². The molecule has 0 saturated carbocycles. The van der Waals surface area contributed by atoms with Gasteiger partial charge in [-0.2, -0.15) is 4.37 Å². The maximum absolute atomic E-state index is 12.4. The summed E-state index contributed by atoms with van der Waals surface area (Å²) in [5, 5.41) is 3.41. The lowest BCUT2D eigenvalue weighted by atomic mass is 10.7. The number of nitrogens with zero attached hydrogens (tertiary/aromatic N) is 2. The quantitative estimate of drug-likeness (QED) is 0.698. The molecule has 0 spiro atoms. The van der Waals surface area contributed by atoms with Crippen LogP contribution in [-0.4, -0.2) is 16.4 Å². The van der Waals surface area contributed by atoms with Crippen molar-refractivity contribution in [3.8, 4) is 0 Å². The molecule has 0 bridgehead atoms. The van der Waals surface area contributed by atoms with Gasteiger partial charge < -0.3 is 5.32 Å². The number of anilines is 1. The Balaban J connectivity index is 2.78. The largest absolute Gasteiger partial charge is 0.363 e. The summed E-state index contributed by atoms with van der Waals surface area (Å²) in [4.78, 5) is 3.83. The Morgan fingerprint density at radius 3 is 2.80 bits per heavy atom. The van der Waals surface area contributed by atoms with Gasteiger partial charge in [0.2, 0.25) is 5.13 Å². The van der Waals surface area contributed by atoms with Crippen LogP contribution in [0.15, 0.2) is 0 Å². The highest BCUT2D eigenvalue weighted by Crippen LogP contribution is 2.23. The number of rotatable bonds is 2. The van der Waals surface area contributed by atoms with Crippen molar-refractivity contribution in [1.82, 2.24) is 9.36 Å². The minimum atomic E-state index is -1.15. The number of hydrogen-bond donors (Lipinski definition) is 1. The molecule has 0 aliphatic carbocycles. The van der Waals surface area contributed by atoms with Crippen LogP contribution in [0.2, 0.25) is 0 Å². The molecule has 1 N–H and O–H groups in total. The zero-order chi connectivity index (χ0) is 7.56. The SMILES string of the molecule is CNc1nc(C(F)P)ns1. The second-order valence-electron chi connectivity index (χ2n) is 1.61. The lowest BCUT2D eigenvalue weighted by Gasteiger charge is -1.90. The summed E-state index contributed by atoms with van der Waals surface area (Å²) in [6.45, 7) is 0. The highest BCUT2D eigenvalue weighted by atomic mass is 32.1. The number of halogens is 1. The van der Waals surface area contributed by atoms with E-state index in [0.29, 0.717) is 5.13 Å². The third kappa shape index (κ3) is 1.61. The number of aromatic nitrogens is 2. The van der Waals surface area contributed by atoms with Crippen molar-refractivity contribution in [2.75, 3.05) is 12.4 Å². The van der Waals surface area contributed by atoms with Crippen LogP contribution >= 0.6 is 20.8 Å². The maximum Gasteiger partial charge on any atom is 0.202 e. The van der Waals surface area contributed by atoms with Crippen LogP contribution in [0.4, 0.5) is 9.52 Å². The van der Waals surface area contributed by atoms with Crippen molar-refractivity contribution in [2.24, 2.45) is 0 Å². The third-order valence-corrected chi connectivity index (χ3v) is 1.95. The predicted molar refractivity (Wildman–Crippen MR) is 43.0 cm³/mol. The predicted octanol–water partition coefficient (Wildman–Crippen LogP) is 1.42. The molecule has 0 saturated heterocycles. The van der Waals surface area contributed by atoms with Gasteiger partial charge in [-0.15, -0.1) is 0 Å². The third-order valence-electron chi connectivity index (χ3n) is 0.902. The van der Waals surface area contributed by atoms with Gasteiger partial charge in [-0.3, -0.25) is 0 Å². The summed E-state index contributed by atoms with van der Waals surface area (Å²) in [6, 6.07) is 0. The summed E-state index contributed by atoms with van der Waals surface area (Å²) in [5.74, 6) is -0.933. The highest BCUT2D eigenvalue weighted by molar-refractivity contribution is 7.17. The van der Waals surface area contributed by atoms with E-state index in [1.165, 1.54) is 0 Å². The molecule has 1 rings (SSSR count). The van der Waals surface area contributed by atoms with Gasteiger partial charge in [0.25, 0.3) is 0 Å². The molecule has 10 heavy (non-hydrogen) atoms. The monoisotopic (exact) mass is 179 g/mol. The van der Waals surface area contributed by atoms with Crippen molar-refractivity contribution >= 4 is 25.9 Å². The molecule has 0 aliphatic rings. The van der Waals surface area contributed by atoms with E-state index in [0.717, 1.165) is 11.5 Å². The molecule has 1 heterocycles. The number of hydrogen-bond acceptors (Lipinski definition) is 4. The van der Waals surface area contributed by atoms with Crippen LogP contribution < -0.4 is 5.32 Å². The van der Waals surface area contributed by atoms with E-state index in [-0.39, 0.29) is 5.82 Å². The second kappa shape index (κ2) is 3.21. The summed E-state index contributed by atoms with van der Waals surface area (Å²) < 4.78 is 16.2. The normalized spacial score (nSPS) is 13.1. The van der Waals surface area contributed by atoms with Gasteiger partial charge in [0.05, 0.1) is 0 Å². The first kappa shape index (κ1) is 7.82. The van der Waals surface area contributed by atoms with Gasteiger partial charge in [0, 0.05) is 18.6 Å². The van der Waals surface area contributed by atoms with E-state index in [9.17, 15) is 4.39 Å². The fraction of sp³-hybridized carbons (Fsp3) is 0.500. The lowest BCUT2D eigenvalue weighted by Crippen LogP contribution is -1.88. The van der Waals surface area contributed by atoms with Crippen LogP contribution in [0.3, 0.4) is 0 Å². The molecule has 2 atom stereocenters. The molecule has 1 aromatic rings. The van der Waals surface area contributed by atoms with E-state index in [4.69, 9.17) is 0 Å². The van der Waals surface area contributed by atoms with Crippen molar-refractivity contribution in [3.05, 3.63) is 5.82 Å². The Hall–Kier alpha value is -0.280. The molecule has 0 amide bonds. The van der Waals surface area contributed by atoms with Crippen LogP contribution in [0.5, 0.6) is 0 Å². The Morgan fingerprint density at radius 1 is 1.80 bits per heavy atom. The zero-order valence-corrected chi connectivity index (χ0v) is 7.31. The Bertz CT molecular complexity index is 214. The molecule has 6 heteroatoms. The first-order valence-electron chi connectivity index (χ1n) is 2.65. The van der Waals surface area contributed by atoms with Crippen molar-refractivity contribution < 1.29 is 4.39 Å². The topological polar surface area (TPSA) is 37.8 Å². The Labute approximate surface area is 64.4 Å². The van der Waals surface area contributed by atoms with E-state index >= 15 is 0 Å². The molecule has 0 fully saturated rings. The highest BCUT2D eigenvalue weighted by Gasteiger charge is 2.08. The molecule has 0 radical (unpaired) electrons. The van der Waals surface area contributed by atoms with E-state index < -0.39 is 5.91 Å². The average molecular weight is 179 g/mol. The van der Waals surface area contributed by atoms with E-state index in [2.05, 4.69) is 14.7 Å². The summed E-state index contributed by atoms with van der Waals surface area (Å²) in [5.41, 5.74) is 0. The maximum atomic E-state index is 12.4. The minimum Gasteiger partial charge on any atom is -0.363 e. The second-order valence-corrected chi connectivity index (χ2v) is 2.95. The molecular weight excluding hydrogens is 172 g/mol. The summed E-state index contributed by atoms with van der Waals surface area (Å²) >= 11 is 1.15. The van der Waals surface area contributed by atoms with E-state index in [1.54, 1.807) is 7.05 Å². The smallest absolute Gasteiger partial charge is 0.202 e. The minimum absolute atomic E-state index is 0.222. The molecule has 1 aromatic heterocycles. The fourth-order valence-electron chi connectivity index (χ4n) is 0.448. The first-order chi connectivity index (χ1) is 4.74. The Morgan fingerprint density at radius 2 is 2.50 bits per heavy atom.